The van der Waals surface area contributed by atoms with Crippen molar-refractivity contribution in [1.29, 1.82) is 0 Å². The van der Waals surface area contributed by atoms with Crippen LogP contribution in [0, 0.1) is 50.2 Å². The highest BCUT2D eigenvalue weighted by molar-refractivity contribution is 5.79. The maximum absolute atomic E-state index is 15.7. The van der Waals surface area contributed by atoms with Gasteiger partial charge in [0.25, 0.3) is 0 Å². The highest BCUT2D eigenvalue weighted by Crippen LogP contribution is 2.76. The molecule has 0 spiro atoms. The number of allylic oxidation sites excluding steroid dienone is 2. The lowest BCUT2D eigenvalue weighted by atomic mass is 9.33. The Morgan fingerprint density at radius 3 is 1.74 bits per heavy atom. The third kappa shape index (κ3) is 11.1. The fourth-order valence-corrected chi connectivity index (χ4v) is 17.5. The average Bonchev–Trinajstić information content (AvgIpc) is 0.689. The number of hydrogen-bond donors (Lipinski definition) is 15. The molecule has 0 bridgehead atoms. The molecule has 10 aliphatic rings. The second-order valence-corrected chi connectivity index (χ2v) is 28.5. The first-order chi connectivity index (χ1) is 39.8. The maximum Gasteiger partial charge on any atom is 0.315 e. The molecule has 15 N–H and O–H groups in total. The number of rotatable bonds is 13. The number of esters is 1. The van der Waals surface area contributed by atoms with E-state index < -0.39 is 189 Å². The SMILES string of the molecule is CC1OC(OC2C(OC3CCC4(C)C(CCC5(C)C4CC=C4C6CC(C)(C)CCC6(C(=O)OC6OC(COC7OC(CO)C(O)C(O)C7O)C(O)C(O)C6OC6OC(C)C(O)C(O)C6O)CCC45C)C3(C)CO)OCC(O)C2O)C(O)C(O)C1O. The van der Waals surface area contributed by atoms with Gasteiger partial charge in [-0.2, -0.15) is 0 Å². The van der Waals surface area contributed by atoms with Crippen LogP contribution in [0.4, 0.5) is 0 Å². The van der Waals surface area contributed by atoms with E-state index in [0.29, 0.717) is 57.8 Å². The predicted molar refractivity (Wildman–Crippen MR) is 288 cm³/mol. The minimum Gasteiger partial charge on any atom is -0.432 e. The zero-order chi connectivity index (χ0) is 62.0. The third-order valence-corrected chi connectivity index (χ3v) is 23.2. The molecule has 0 aromatic heterocycles. The van der Waals surface area contributed by atoms with Gasteiger partial charge in [0.2, 0.25) is 6.29 Å². The van der Waals surface area contributed by atoms with E-state index in [2.05, 4.69) is 40.7 Å². The Bertz CT molecular complexity index is 2370. The summed E-state index contributed by atoms with van der Waals surface area (Å²) in [5, 5.41) is 162. The largest absolute Gasteiger partial charge is 0.432 e. The average molecular weight is 1220 g/mol. The van der Waals surface area contributed by atoms with Gasteiger partial charge in [-0.3, -0.25) is 4.79 Å². The van der Waals surface area contributed by atoms with E-state index in [0.717, 1.165) is 12.0 Å². The fourth-order valence-electron chi connectivity index (χ4n) is 17.5. The monoisotopic (exact) mass is 1220 g/mol. The van der Waals surface area contributed by atoms with E-state index in [9.17, 15) is 76.6 Å². The molecular formula is C59H96O26. The quantitative estimate of drug-likeness (QED) is 0.0513. The smallest absolute Gasteiger partial charge is 0.315 e. The van der Waals surface area contributed by atoms with Crippen LogP contribution >= 0.6 is 0 Å². The maximum atomic E-state index is 15.7. The van der Waals surface area contributed by atoms with E-state index in [4.69, 9.17) is 47.4 Å². The summed E-state index contributed by atoms with van der Waals surface area (Å²) >= 11 is 0. The zero-order valence-electron chi connectivity index (χ0n) is 49.8. The van der Waals surface area contributed by atoms with Crippen molar-refractivity contribution in [2.75, 3.05) is 26.4 Å². The molecule has 26 heteroatoms. The van der Waals surface area contributed by atoms with Crippen molar-refractivity contribution in [3.63, 3.8) is 0 Å². The van der Waals surface area contributed by atoms with Crippen LogP contribution in [0.3, 0.4) is 0 Å². The van der Waals surface area contributed by atoms with Crippen LogP contribution in [0.5, 0.6) is 0 Å². The Morgan fingerprint density at radius 2 is 1.13 bits per heavy atom. The van der Waals surface area contributed by atoms with Crippen molar-refractivity contribution in [3.05, 3.63) is 11.6 Å². The molecule has 33 atom stereocenters. The first-order valence-electron chi connectivity index (χ1n) is 30.6. The highest BCUT2D eigenvalue weighted by atomic mass is 16.8. The minimum absolute atomic E-state index is 0.0891. The molecule has 0 amide bonds. The standard InChI is InChI=1S/C59H96O26/c1-24-34(63)39(68)44(73)49(78-24)83-46-36(65)28(62)21-76-51(46)82-33-12-13-55(5)31(56(33,6)23-61)11-14-58(8)32(55)10-9-26-27-19-54(3,4)15-17-59(27,18-16-57(26,58)7)53(75)85-52-47(84-50-45(74)40(69)35(64)25(2)79-50)42(71)38(67)30(81-52)22-77-48-43(72)41(70)37(66)29(20-60)80-48/h9,24-25,27-52,60-74H,10-23H2,1-8H3. The highest BCUT2D eigenvalue weighted by Gasteiger charge is 2.71. The Morgan fingerprint density at radius 1 is 0.565 bits per heavy atom. The third-order valence-electron chi connectivity index (χ3n) is 23.2. The van der Waals surface area contributed by atoms with Crippen molar-refractivity contribution < 1.29 is 129 Å². The molecule has 5 heterocycles. The molecule has 0 radical (unpaired) electrons. The van der Waals surface area contributed by atoms with E-state index in [-0.39, 0.29) is 47.2 Å². The predicted octanol–water partition coefficient (Wildman–Crippen LogP) is -2.54. The number of carbonyl (C=O) groups is 1. The Balaban J connectivity index is 0.908. The summed E-state index contributed by atoms with van der Waals surface area (Å²) in [6, 6.07) is 0. The number of hydrogen-bond acceptors (Lipinski definition) is 26. The molecular weight excluding hydrogens is 1120 g/mol. The molecule has 4 saturated carbocycles. The molecule has 0 aromatic carbocycles. The normalized spacial score (nSPS) is 55.3. The minimum atomic E-state index is -1.96. The summed E-state index contributed by atoms with van der Waals surface area (Å²) in [6.45, 7) is 14.3. The first-order valence-corrected chi connectivity index (χ1v) is 30.6. The molecule has 5 saturated heterocycles. The lowest BCUT2D eigenvalue weighted by Gasteiger charge is -2.71. The van der Waals surface area contributed by atoms with Crippen molar-refractivity contribution in [2.45, 2.75) is 273 Å². The zero-order valence-corrected chi connectivity index (χ0v) is 49.8. The first kappa shape index (κ1) is 66.2. The summed E-state index contributed by atoms with van der Waals surface area (Å²) in [4.78, 5) is 15.7. The molecule has 85 heavy (non-hydrogen) atoms. The number of aliphatic hydroxyl groups excluding tert-OH is 15. The van der Waals surface area contributed by atoms with Crippen molar-refractivity contribution in [1.82, 2.24) is 0 Å². The Labute approximate surface area is 494 Å². The second kappa shape index (κ2) is 24.4. The molecule has 5 aliphatic carbocycles. The summed E-state index contributed by atoms with van der Waals surface area (Å²) in [7, 11) is 0. The van der Waals surface area contributed by atoms with Crippen LogP contribution < -0.4 is 0 Å². The number of ether oxygens (including phenoxy) is 10. The van der Waals surface area contributed by atoms with Crippen LogP contribution in [-0.2, 0) is 52.2 Å². The van der Waals surface area contributed by atoms with Gasteiger partial charge >= 0.3 is 5.97 Å². The second-order valence-electron chi connectivity index (χ2n) is 28.5. The molecule has 26 nitrogen and oxygen atoms in total. The van der Waals surface area contributed by atoms with Crippen LogP contribution in [0.25, 0.3) is 0 Å². The lowest BCUT2D eigenvalue weighted by Crippen LogP contribution is -2.67. The Hall–Kier alpha value is -1.75. The van der Waals surface area contributed by atoms with Gasteiger partial charge in [0.15, 0.2) is 31.3 Å². The summed E-state index contributed by atoms with van der Waals surface area (Å²) in [5.74, 6) is -1.01. The van der Waals surface area contributed by atoms with Gasteiger partial charge < -0.3 is 124 Å². The summed E-state index contributed by atoms with van der Waals surface area (Å²) in [6.07, 6.45) is -30.5. The van der Waals surface area contributed by atoms with Gasteiger partial charge in [-0.1, -0.05) is 53.2 Å². The van der Waals surface area contributed by atoms with E-state index in [1.165, 1.54) is 13.8 Å². The number of fused-ring (bicyclic) bond motifs is 7. The van der Waals surface area contributed by atoms with Crippen molar-refractivity contribution >= 4 is 5.97 Å². The topological polar surface area (TPSA) is 413 Å². The van der Waals surface area contributed by atoms with Gasteiger partial charge in [0, 0.05) is 5.41 Å². The van der Waals surface area contributed by atoms with Gasteiger partial charge in [0.05, 0.1) is 50.2 Å². The van der Waals surface area contributed by atoms with Gasteiger partial charge in [0.1, 0.15) is 97.7 Å². The number of carbonyl (C=O) groups excluding carboxylic acids is 1. The van der Waals surface area contributed by atoms with Gasteiger partial charge in [-0.25, -0.2) is 0 Å². The molecule has 5 aliphatic heterocycles. The van der Waals surface area contributed by atoms with Crippen LogP contribution in [0.1, 0.15) is 120 Å². The van der Waals surface area contributed by atoms with Gasteiger partial charge in [-0.05, 0) is 117 Å². The van der Waals surface area contributed by atoms with E-state index in [1.807, 2.05) is 6.92 Å². The van der Waals surface area contributed by atoms with Crippen molar-refractivity contribution in [2.24, 2.45) is 50.2 Å². The molecule has 10 rings (SSSR count). The fraction of sp³-hybridized carbons (Fsp3) is 0.949. The van der Waals surface area contributed by atoms with E-state index >= 15 is 4.79 Å². The van der Waals surface area contributed by atoms with E-state index in [1.54, 1.807) is 0 Å². The molecule has 0 aromatic rings. The lowest BCUT2D eigenvalue weighted by molar-refractivity contribution is -0.366. The molecule has 33 unspecified atom stereocenters. The molecule has 9 fully saturated rings. The molecule has 488 valence electrons. The van der Waals surface area contributed by atoms with Crippen LogP contribution in [-0.4, -0.2) is 263 Å². The Kier molecular flexibility index (Phi) is 19.0. The summed E-state index contributed by atoms with van der Waals surface area (Å²) in [5.41, 5.74) is -2.22. The van der Waals surface area contributed by atoms with Gasteiger partial charge in [-0.15, -0.1) is 0 Å². The number of aliphatic hydroxyl groups is 15. The van der Waals surface area contributed by atoms with Crippen LogP contribution in [0.15, 0.2) is 11.6 Å². The van der Waals surface area contributed by atoms with Crippen molar-refractivity contribution in [3.8, 4) is 0 Å². The van der Waals surface area contributed by atoms with Crippen LogP contribution in [0.2, 0.25) is 0 Å². The summed E-state index contributed by atoms with van der Waals surface area (Å²) < 4.78 is 60.4.